The zero-order valence-electron chi connectivity index (χ0n) is 13.0. The quantitative estimate of drug-likeness (QED) is 0.783. The molecule has 3 aromatic rings. The lowest BCUT2D eigenvalue weighted by Gasteiger charge is -2.05. The summed E-state index contributed by atoms with van der Waals surface area (Å²) in [7, 11) is 1.64. The largest absolute Gasteiger partial charge is 0.497 e. The summed E-state index contributed by atoms with van der Waals surface area (Å²) in [5.41, 5.74) is 2.23. The molecule has 1 N–H and O–H groups in total. The van der Waals surface area contributed by atoms with E-state index in [4.69, 9.17) is 4.74 Å². The van der Waals surface area contributed by atoms with E-state index in [2.05, 4.69) is 15.0 Å². The van der Waals surface area contributed by atoms with Gasteiger partial charge in [0.2, 0.25) is 0 Å². The average molecular weight is 310 g/mol. The Morgan fingerprint density at radius 1 is 1.30 bits per heavy atom. The van der Waals surface area contributed by atoms with Gasteiger partial charge in [0.05, 0.1) is 19.9 Å². The molecule has 6 heteroatoms. The Balaban J connectivity index is 1.68. The molecule has 4 rings (SSSR count). The molecule has 1 aliphatic rings. The van der Waals surface area contributed by atoms with Crippen molar-refractivity contribution in [2.24, 2.45) is 5.92 Å². The van der Waals surface area contributed by atoms with Gasteiger partial charge in [0.1, 0.15) is 17.1 Å². The van der Waals surface area contributed by atoms with Crippen LogP contribution >= 0.6 is 0 Å². The van der Waals surface area contributed by atoms with Crippen LogP contribution in [0.5, 0.6) is 5.75 Å². The number of methoxy groups -OCH3 is 1. The molecular weight excluding hydrogens is 292 g/mol. The average Bonchev–Trinajstić information content (AvgIpc) is 3.33. The van der Waals surface area contributed by atoms with Gasteiger partial charge in [-0.1, -0.05) is 12.1 Å². The minimum atomic E-state index is -0.159. The van der Waals surface area contributed by atoms with E-state index >= 15 is 0 Å². The van der Waals surface area contributed by atoms with E-state index in [0.29, 0.717) is 23.6 Å². The normalized spacial score (nSPS) is 14.3. The number of nitrogens with one attached hydrogen (secondary N) is 1. The van der Waals surface area contributed by atoms with E-state index in [1.807, 2.05) is 24.3 Å². The summed E-state index contributed by atoms with van der Waals surface area (Å²) in [5.74, 6) is 2.34. The minimum Gasteiger partial charge on any atom is -0.497 e. The van der Waals surface area contributed by atoms with Gasteiger partial charge in [-0.25, -0.2) is 14.8 Å². The second-order valence-electron chi connectivity index (χ2n) is 6.04. The molecule has 6 nitrogen and oxygen atoms in total. The molecule has 0 aliphatic heterocycles. The molecule has 1 fully saturated rings. The zero-order chi connectivity index (χ0) is 15.8. The molecule has 1 aromatic carbocycles. The van der Waals surface area contributed by atoms with Crippen LogP contribution < -0.4 is 10.4 Å². The van der Waals surface area contributed by atoms with Crippen LogP contribution in [0.25, 0.3) is 11.2 Å². The Hall–Kier alpha value is -2.63. The van der Waals surface area contributed by atoms with Gasteiger partial charge < -0.3 is 9.72 Å². The van der Waals surface area contributed by atoms with Crippen LogP contribution in [0.2, 0.25) is 0 Å². The SMILES string of the molecule is COc1ccc(Cn2c(=O)[nH]c3cnc(CC4CC4)nc32)cc1. The second kappa shape index (κ2) is 5.53. The predicted molar refractivity (Wildman–Crippen MR) is 86.7 cm³/mol. The van der Waals surface area contributed by atoms with Crippen molar-refractivity contribution < 1.29 is 4.74 Å². The van der Waals surface area contributed by atoms with Crippen molar-refractivity contribution >= 4 is 11.2 Å². The van der Waals surface area contributed by atoms with Crippen LogP contribution in [0, 0.1) is 5.92 Å². The highest BCUT2D eigenvalue weighted by atomic mass is 16.5. The summed E-state index contributed by atoms with van der Waals surface area (Å²) in [6, 6.07) is 7.69. The van der Waals surface area contributed by atoms with E-state index in [9.17, 15) is 4.79 Å². The number of rotatable bonds is 5. The lowest BCUT2D eigenvalue weighted by molar-refractivity contribution is 0.414. The molecule has 0 saturated heterocycles. The fourth-order valence-electron chi connectivity index (χ4n) is 2.72. The number of fused-ring (bicyclic) bond motifs is 1. The third kappa shape index (κ3) is 2.84. The number of aromatic amines is 1. The number of nitrogens with zero attached hydrogens (tertiary/aromatic N) is 3. The molecule has 2 heterocycles. The summed E-state index contributed by atoms with van der Waals surface area (Å²) in [6.07, 6.45) is 5.13. The maximum absolute atomic E-state index is 12.2. The number of H-pyrrole nitrogens is 1. The van der Waals surface area contributed by atoms with Gasteiger partial charge in [-0.2, -0.15) is 0 Å². The first-order chi connectivity index (χ1) is 11.2. The van der Waals surface area contributed by atoms with Gasteiger partial charge in [0.25, 0.3) is 0 Å². The van der Waals surface area contributed by atoms with Crippen molar-refractivity contribution in [3.63, 3.8) is 0 Å². The Morgan fingerprint density at radius 2 is 2.09 bits per heavy atom. The molecule has 0 unspecified atom stereocenters. The molecule has 1 saturated carbocycles. The van der Waals surface area contributed by atoms with Gasteiger partial charge in [0.15, 0.2) is 5.65 Å². The van der Waals surface area contributed by atoms with Crippen LogP contribution in [0.3, 0.4) is 0 Å². The summed E-state index contributed by atoms with van der Waals surface area (Å²) in [5, 5.41) is 0. The number of ether oxygens (including phenoxy) is 1. The minimum absolute atomic E-state index is 0.159. The van der Waals surface area contributed by atoms with Crippen molar-refractivity contribution in [2.45, 2.75) is 25.8 Å². The summed E-state index contributed by atoms with van der Waals surface area (Å²) in [6.45, 7) is 0.475. The van der Waals surface area contributed by atoms with Gasteiger partial charge in [0, 0.05) is 6.42 Å². The first kappa shape index (κ1) is 14.0. The molecule has 23 heavy (non-hydrogen) atoms. The first-order valence-electron chi connectivity index (χ1n) is 7.80. The summed E-state index contributed by atoms with van der Waals surface area (Å²) >= 11 is 0. The number of aromatic nitrogens is 4. The molecule has 0 spiro atoms. The highest BCUT2D eigenvalue weighted by Gasteiger charge is 2.23. The monoisotopic (exact) mass is 310 g/mol. The Morgan fingerprint density at radius 3 is 2.78 bits per heavy atom. The highest BCUT2D eigenvalue weighted by molar-refractivity contribution is 5.69. The van der Waals surface area contributed by atoms with Crippen molar-refractivity contribution in [1.82, 2.24) is 19.5 Å². The number of hydrogen-bond acceptors (Lipinski definition) is 4. The molecule has 0 radical (unpaired) electrons. The number of hydrogen-bond donors (Lipinski definition) is 1. The lowest BCUT2D eigenvalue weighted by Crippen LogP contribution is -2.18. The van der Waals surface area contributed by atoms with Gasteiger partial charge >= 0.3 is 5.69 Å². The van der Waals surface area contributed by atoms with E-state index in [0.717, 1.165) is 23.6 Å². The fraction of sp³-hybridized carbons (Fsp3) is 0.353. The number of imidazole rings is 1. The molecular formula is C17H18N4O2. The van der Waals surface area contributed by atoms with Gasteiger partial charge in [-0.05, 0) is 36.5 Å². The van der Waals surface area contributed by atoms with Crippen LogP contribution in [-0.4, -0.2) is 26.6 Å². The smallest absolute Gasteiger partial charge is 0.328 e. The van der Waals surface area contributed by atoms with E-state index in [1.165, 1.54) is 12.8 Å². The summed E-state index contributed by atoms with van der Waals surface area (Å²) in [4.78, 5) is 24.0. The summed E-state index contributed by atoms with van der Waals surface area (Å²) < 4.78 is 6.82. The van der Waals surface area contributed by atoms with Crippen LogP contribution in [0.4, 0.5) is 0 Å². The number of benzene rings is 1. The van der Waals surface area contributed by atoms with Crippen LogP contribution in [0.15, 0.2) is 35.3 Å². The van der Waals surface area contributed by atoms with E-state index in [-0.39, 0.29) is 5.69 Å². The van der Waals surface area contributed by atoms with Gasteiger partial charge in [-0.15, -0.1) is 0 Å². The maximum atomic E-state index is 12.2. The van der Waals surface area contributed by atoms with Crippen molar-refractivity contribution in [1.29, 1.82) is 0 Å². The first-order valence-corrected chi connectivity index (χ1v) is 7.80. The van der Waals surface area contributed by atoms with Gasteiger partial charge in [-0.3, -0.25) is 4.57 Å². The molecule has 0 amide bonds. The topological polar surface area (TPSA) is 72.8 Å². The fourth-order valence-corrected chi connectivity index (χ4v) is 2.72. The zero-order valence-corrected chi connectivity index (χ0v) is 13.0. The van der Waals surface area contributed by atoms with Crippen LogP contribution in [-0.2, 0) is 13.0 Å². The molecule has 0 atom stereocenters. The Kier molecular flexibility index (Phi) is 3.37. The maximum Gasteiger partial charge on any atom is 0.328 e. The van der Waals surface area contributed by atoms with Crippen molar-refractivity contribution in [3.8, 4) is 5.75 Å². The Labute approximate surface area is 133 Å². The molecule has 1 aliphatic carbocycles. The Bertz CT molecular complexity index is 891. The lowest BCUT2D eigenvalue weighted by atomic mass is 10.2. The highest BCUT2D eigenvalue weighted by Crippen LogP contribution is 2.31. The molecule has 2 aromatic heterocycles. The third-order valence-corrected chi connectivity index (χ3v) is 4.23. The third-order valence-electron chi connectivity index (χ3n) is 4.23. The predicted octanol–water partition coefficient (Wildman–Crippen LogP) is 2.13. The van der Waals surface area contributed by atoms with Crippen molar-refractivity contribution in [2.75, 3.05) is 7.11 Å². The second-order valence-corrected chi connectivity index (χ2v) is 6.04. The standard InChI is InChI=1S/C17H18N4O2/c1-23-13-6-4-12(5-7-13)10-21-16-14(19-17(21)22)9-18-15(20-16)8-11-2-3-11/h4-7,9,11H,2-3,8,10H2,1H3,(H,19,22). The molecule has 0 bridgehead atoms. The van der Waals surface area contributed by atoms with Crippen LogP contribution in [0.1, 0.15) is 24.2 Å². The van der Waals surface area contributed by atoms with E-state index < -0.39 is 0 Å². The van der Waals surface area contributed by atoms with Crippen molar-refractivity contribution in [3.05, 3.63) is 52.3 Å². The molecule has 118 valence electrons. The van der Waals surface area contributed by atoms with E-state index in [1.54, 1.807) is 17.9 Å².